The number of hydrogen-bond donors (Lipinski definition) is 2. The third kappa shape index (κ3) is 3.82. The third-order valence-corrected chi connectivity index (χ3v) is 5.16. The molecule has 0 atom stereocenters. The molecule has 2 N–H and O–H groups in total. The number of pyridine rings is 1. The van der Waals surface area contributed by atoms with Crippen LogP contribution in [0.15, 0.2) is 78.1 Å². The molecule has 4 nitrogen and oxygen atoms in total. The van der Waals surface area contributed by atoms with Crippen molar-refractivity contribution in [3.63, 3.8) is 0 Å². The average molecular weight is 378 g/mol. The van der Waals surface area contributed by atoms with Crippen molar-refractivity contribution in [3.05, 3.63) is 84.6 Å². The molecule has 0 saturated carbocycles. The smallest absolute Gasteiger partial charge is 0.146 e. The fraction of sp³-hybridized carbons (Fsp3) is 0.0952. The quantitative estimate of drug-likeness (QED) is 0.484. The van der Waals surface area contributed by atoms with Gasteiger partial charge in [0.1, 0.15) is 5.82 Å². The topological polar surface area (TPSA) is 41.9 Å². The van der Waals surface area contributed by atoms with E-state index < -0.39 is 0 Å². The van der Waals surface area contributed by atoms with Gasteiger partial charge in [-0.25, -0.2) is 4.39 Å². The molecule has 6 heteroatoms. The Labute approximate surface area is 161 Å². The molecule has 0 saturated heterocycles. The fourth-order valence-corrected chi connectivity index (χ4v) is 3.89. The minimum absolute atomic E-state index is 0.270. The molecule has 2 aromatic heterocycles. The molecule has 0 aliphatic carbocycles. The summed E-state index contributed by atoms with van der Waals surface area (Å²) in [5.41, 5.74) is 3.58. The van der Waals surface area contributed by atoms with Gasteiger partial charge in [0.05, 0.1) is 11.2 Å². The van der Waals surface area contributed by atoms with Crippen LogP contribution in [0.4, 0.5) is 15.8 Å². The number of para-hydroxylation sites is 1. The van der Waals surface area contributed by atoms with Crippen molar-refractivity contribution in [1.29, 1.82) is 0 Å². The highest BCUT2D eigenvalue weighted by molar-refractivity contribution is 7.98. The van der Waals surface area contributed by atoms with Crippen molar-refractivity contribution in [2.24, 2.45) is 0 Å². The Hall–Kier alpha value is -2.83. The first-order valence-electron chi connectivity index (χ1n) is 8.63. The van der Waals surface area contributed by atoms with Gasteiger partial charge in [0.25, 0.3) is 0 Å². The van der Waals surface area contributed by atoms with Crippen LogP contribution in [0.5, 0.6) is 0 Å². The number of aromatic nitrogens is 2. The highest BCUT2D eigenvalue weighted by Gasteiger charge is 2.11. The summed E-state index contributed by atoms with van der Waals surface area (Å²) in [5, 5.41) is 7.55. The van der Waals surface area contributed by atoms with Gasteiger partial charge in [-0.15, -0.1) is 0 Å². The van der Waals surface area contributed by atoms with E-state index in [1.54, 1.807) is 30.3 Å². The SMILES string of the molecule is CNCc1cn(Sc2cccnc2)c2cc(Nc3ccccc3F)ccc12. The van der Waals surface area contributed by atoms with Crippen molar-refractivity contribution < 1.29 is 4.39 Å². The lowest BCUT2D eigenvalue weighted by molar-refractivity contribution is 0.632. The highest BCUT2D eigenvalue weighted by Crippen LogP contribution is 2.32. The molecule has 0 aliphatic rings. The summed E-state index contributed by atoms with van der Waals surface area (Å²) in [6.45, 7) is 0.775. The fourth-order valence-electron chi connectivity index (χ4n) is 2.98. The molecule has 27 heavy (non-hydrogen) atoms. The van der Waals surface area contributed by atoms with Gasteiger partial charge in [0, 0.05) is 41.1 Å². The molecule has 0 unspecified atom stereocenters. The van der Waals surface area contributed by atoms with Crippen LogP contribution in [-0.2, 0) is 6.54 Å². The first-order valence-corrected chi connectivity index (χ1v) is 9.40. The van der Waals surface area contributed by atoms with Crippen LogP contribution < -0.4 is 10.6 Å². The maximum Gasteiger partial charge on any atom is 0.146 e. The Morgan fingerprint density at radius 1 is 1.11 bits per heavy atom. The van der Waals surface area contributed by atoms with E-state index >= 15 is 0 Å². The molecule has 2 heterocycles. The zero-order valence-electron chi connectivity index (χ0n) is 14.8. The lowest BCUT2D eigenvalue weighted by atomic mass is 10.1. The number of fused-ring (bicyclic) bond motifs is 1. The van der Waals surface area contributed by atoms with Crippen LogP contribution in [0.2, 0.25) is 0 Å². The van der Waals surface area contributed by atoms with Gasteiger partial charge >= 0.3 is 0 Å². The molecule has 4 aromatic rings. The van der Waals surface area contributed by atoms with E-state index in [-0.39, 0.29) is 5.82 Å². The van der Waals surface area contributed by atoms with Crippen molar-refractivity contribution in [2.45, 2.75) is 11.4 Å². The van der Waals surface area contributed by atoms with E-state index in [1.807, 2.05) is 43.6 Å². The Morgan fingerprint density at radius 3 is 2.78 bits per heavy atom. The lowest BCUT2D eigenvalue weighted by Gasteiger charge is -2.09. The van der Waals surface area contributed by atoms with Crippen molar-refractivity contribution >= 4 is 34.2 Å². The summed E-state index contributed by atoms with van der Waals surface area (Å²) >= 11 is 1.61. The third-order valence-electron chi connectivity index (χ3n) is 4.21. The van der Waals surface area contributed by atoms with Crippen LogP contribution in [0.3, 0.4) is 0 Å². The van der Waals surface area contributed by atoms with Gasteiger partial charge in [-0.2, -0.15) is 0 Å². The summed E-state index contributed by atoms with van der Waals surface area (Å²) < 4.78 is 16.1. The minimum atomic E-state index is -0.270. The summed E-state index contributed by atoms with van der Waals surface area (Å²) in [4.78, 5) is 5.24. The van der Waals surface area contributed by atoms with E-state index in [1.165, 1.54) is 17.0 Å². The average Bonchev–Trinajstić information content (AvgIpc) is 3.02. The second-order valence-corrected chi connectivity index (χ2v) is 7.17. The Kier molecular flexibility index (Phi) is 5.09. The van der Waals surface area contributed by atoms with Gasteiger partial charge in [-0.1, -0.05) is 18.2 Å². The minimum Gasteiger partial charge on any atom is -0.353 e. The van der Waals surface area contributed by atoms with Gasteiger partial charge in [0.2, 0.25) is 0 Å². The largest absolute Gasteiger partial charge is 0.353 e. The lowest BCUT2D eigenvalue weighted by Crippen LogP contribution is -2.04. The predicted molar refractivity (Wildman–Crippen MR) is 110 cm³/mol. The van der Waals surface area contributed by atoms with Gasteiger partial charge in [-0.3, -0.25) is 8.96 Å². The first-order chi connectivity index (χ1) is 13.2. The van der Waals surface area contributed by atoms with E-state index in [0.29, 0.717) is 5.69 Å². The summed E-state index contributed by atoms with van der Waals surface area (Å²) in [7, 11) is 1.94. The van der Waals surface area contributed by atoms with E-state index in [2.05, 4.69) is 31.9 Å². The van der Waals surface area contributed by atoms with E-state index in [4.69, 9.17) is 0 Å². The zero-order chi connectivity index (χ0) is 18.6. The summed E-state index contributed by atoms with van der Waals surface area (Å²) in [6, 6.07) is 16.7. The molecule has 0 aliphatic heterocycles. The summed E-state index contributed by atoms with van der Waals surface area (Å²) in [6.07, 6.45) is 5.74. The molecule has 0 fully saturated rings. The maximum absolute atomic E-state index is 14.0. The number of nitrogens with zero attached hydrogens (tertiary/aromatic N) is 2. The maximum atomic E-state index is 14.0. The van der Waals surface area contributed by atoms with Gasteiger partial charge in [-0.05, 0) is 61.0 Å². The molecule has 136 valence electrons. The van der Waals surface area contributed by atoms with E-state index in [9.17, 15) is 4.39 Å². The molecule has 0 amide bonds. The van der Waals surface area contributed by atoms with Crippen molar-refractivity contribution in [1.82, 2.24) is 14.3 Å². The zero-order valence-corrected chi connectivity index (χ0v) is 15.6. The molecule has 2 aromatic carbocycles. The molecule has 0 bridgehead atoms. The Balaban J connectivity index is 1.74. The monoisotopic (exact) mass is 378 g/mol. The number of anilines is 2. The first kappa shape index (κ1) is 17.6. The Morgan fingerprint density at radius 2 is 2.00 bits per heavy atom. The van der Waals surface area contributed by atoms with Gasteiger partial charge < -0.3 is 10.6 Å². The predicted octanol–water partition coefficient (Wildman–Crippen LogP) is 5.19. The van der Waals surface area contributed by atoms with Crippen LogP contribution in [0.25, 0.3) is 10.9 Å². The number of benzene rings is 2. The van der Waals surface area contributed by atoms with E-state index in [0.717, 1.165) is 22.6 Å². The number of nitrogens with one attached hydrogen (secondary N) is 2. The molecular formula is C21H19FN4S. The van der Waals surface area contributed by atoms with Crippen LogP contribution in [0.1, 0.15) is 5.56 Å². The normalized spacial score (nSPS) is 11.0. The summed E-state index contributed by atoms with van der Waals surface area (Å²) in [5.74, 6) is -0.270. The second kappa shape index (κ2) is 7.82. The standard InChI is InChI=1S/C21H19FN4S/c1-23-12-15-14-26(27-17-5-4-10-24-13-17)21-11-16(8-9-18(15)21)25-20-7-3-2-6-19(20)22/h2-11,13-14,23,25H,12H2,1H3. The number of hydrogen-bond acceptors (Lipinski definition) is 4. The second-order valence-electron chi connectivity index (χ2n) is 6.13. The highest BCUT2D eigenvalue weighted by atomic mass is 32.2. The molecular weight excluding hydrogens is 359 g/mol. The molecule has 4 rings (SSSR count). The van der Waals surface area contributed by atoms with Crippen LogP contribution in [-0.4, -0.2) is 16.0 Å². The van der Waals surface area contributed by atoms with Crippen LogP contribution >= 0.6 is 11.9 Å². The Bertz CT molecular complexity index is 1060. The van der Waals surface area contributed by atoms with Crippen molar-refractivity contribution in [2.75, 3.05) is 12.4 Å². The number of halogens is 1. The molecule has 0 spiro atoms. The molecule has 0 radical (unpaired) electrons. The van der Waals surface area contributed by atoms with Crippen molar-refractivity contribution in [3.8, 4) is 0 Å². The van der Waals surface area contributed by atoms with Crippen LogP contribution in [0, 0.1) is 5.82 Å². The van der Waals surface area contributed by atoms with Gasteiger partial charge in [0.15, 0.2) is 0 Å². The number of rotatable bonds is 6.